The fourth-order valence-electron chi connectivity index (χ4n) is 1.43. The molecule has 13 heavy (non-hydrogen) atoms. The topological polar surface area (TPSA) is 57.6 Å². The number of hydrogen-bond acceptors (Lipinski definition) is 3. The molecule has 2 fully saturated rings. The number of aliphatic carboxylic acids is 1. The van der Waals surface area contributed by atoms with Gasteiger partial charge in [0.05, 0.1) is 5.88 Å². The molecule has 0 aromatic rings. The Morgan fingerprint density at radius 2 is 2.08 bits per heavy atom. The minimum Gasteiger partial charge on any atom is -0.480 e. The van der Waals surface area contributed by atoms with Gasteiger partial charge in [0.2, 0.25) is 5.91 Å². The summed E-state index contributed by atoms with van der Waals surface area (Å²) in [5.41, 5.74) is 0. The molecule has 0 bridgehead atoms. The van der Waals surface area contributed by atoms with Crippen LogP contribution < -0.4 is 0 Å². The van der Waals surface area contributed by atoms with Crippen LogP contribution in [0.25, 0.3) is 0 Å². The number of carboxylic acids is 1. The molecule has 1 atom stereocenters. The van der Waals surface area contributed by atoms with E-state index in [0.29, 0.717) is 11.6 Å². The SMILES string of the molecule is O=C(O)C1CSCN1C(=O)C1CC1. The van der Waals surface area contributed by atoms with Crippen LogP contribution in [0.3, 0.4) is 0 Å². The minimum absolute atomic E-state index is 0.0393. The van der Waals surface area contributed by atoms with Crippen molar-refractivity contribution >= 4 is 23.6 Å². The number of nitrogens with zero attached hydrogens (tertiary/aromatic N) is 1. The molecule has 0 aromatic heterocycles. The molecule has 1 amide bonds. The number of carboxylic acid groups (broad SMARTS) is 1. The van der Waals surface area contributed by atoms with E-state index in [0.717, 1.165) is 12.8 Å². The zero-order chi connectivity index (χ0) is 9.42. The Kier molecular flexibility index (Phi) is 2.19. The van der Waals surface area contributed by atoms with Crippen LogP contribution in [-0.4, -0.2) is 39.6 Å². The Hall–Kier alpha value is -0.710. The first-order valence-electron chi connectivity index (χ1n) is 4.31. The van der Waals surface area contributed by atoms with Crippen LogP contribution in [0.1, 0.15) is 12.8 Å². The van der Waals surface area contributed by atoms with Crippen molar-refractivity contribution in [1.29, 1.82) is 0 Å². The molecule has 4 nitrogen and oxygen atoms in total. The highest BCUT2D eigenvalue weighted by atomic mass is 32.2. The highest BCUT2D eigenvalue weighted by Gasteiger charge is 2.41. The summed E-state index contributed by atoms with van der Waals surface area (Å²) in [4.78, 5) is 23.8. The van der Waals surface area contributed by atoms with Gasteiger partial charge in [0, 0.05) is 11.7 Å². The summed E-state index contributed by atoms with van der Waals surface area (Å²) >= 11 is 1.52. The van der Waals surface area contributed by atoms with Crippen molar-refractivity contribution in [2.75, 3.05) is 11.6 Å². The van der Waals surface area contributed by atoms with Crippen LogP contribution in [0.2, 0.25) is 0 Å². The van der Waals surface area contributed by atoms with Crippen molar-refractivity contribution in [3.05, 3.63) is 0 Å². The summed E-state index contributed by atoms with van der Waals surface area (Å²) in [7, 11) is 0. The van der Waals surface area contributed by atoms with Gasteiger partial charge in [-0.25, -0.2) is 4.79 Å². The molecule has 1 saturated carbocycles. The van der Waals surface area contributed by atoms with Gasteiger partial charge in [-0.2, -0.15) is 0 Å². The normalized spacial score (nSPS) is 27.7. The van der Waals surface area contributed by atoms with Crippen LogP contribution in [0, 0.1) is 5.92 Å². The Bertz CT molecular complexity index is 252. The maximum atomic E-state index is 11.6. The second kappa shape index (κ2) is 3.21. The van der Waals surface area contributed by atoms with E-state index in [1.807, 2.05) is 0 Å². The number of hydrogen-bond donors (Lipinski definition) is 1. The minimum atomic E-state index is -0.876. The Morgan fingerprint density at radius 1 is 1.38 bits per heavy atom. The molecular formula is C8H11NO3S. The average Bonchev–Trinajstić information content (AvgIpc) is 2.80. The quantitative estimate of drug-likeness (QED) is 0.701. The smallest absolute Gasteiger partial charge is 0.327 e. The van der Waals surface area contributed by atoms with Gasteiger partial charge in [0.25, 0.3) is 0 Å². The summed E-state index contributed by atoms with van der Waals surface area (Å²) in [6.45, 7) is 0. The molecule has 1 saturated heterocycles. The van der Waals surface area contributed by atoms with Crippen molar-refractivity contribution in [1.82, 2.24) is 4.90 Å². The molecule has 2 aliphatic rings. The van der Waals surface area contributed by atoms with E-state index in [1.54, 1.807) is 0 Å². The number of carbonyl (C=O) groups excluding carboxylic acids is 1. The molecule has 0 spiro atoms. The maximum Gasteiger partial charge on any atom is 0.327 e. The van der Waals surface area contributed by atoms with Gasteiger partial charge in [-0.15, -0.1) is 11.8 Å². The standard InChI is InChI=1S/C8H11NO3S/c10-7(5-1-2-5)9-4-13-3-6(9)8(11)12/h5-6H,1-4H2,(H,11,12). The lowest BCUT2D eigenvalue weighted by Gasteiger charge is -2.19. The lowest BCUT2D eigenvalue weighted by Crippen LogP contribution is -2.42. The van der Waals surface area contributed by atoms with E-state index in [4.69, 9.17) is 5.11 Å². The molecule has 1 unspecified atom stereocenters. The second-order valence-corrected chi connectivity index (χ2v) is 4.44. The number of carbonyl (C=O) groups is 2. The van der Waals surface area contributed by atoms with Crippen LogP contribution in [0.15, 0.2) is 0 Å². The highest BCUT2D eigenvalue weighted by Crippen LogP contribution is 2.34. The van der Waals surface area contributed by atoms with Gasteiger partial charge < -0.3 is 10.0 Å². The summed E-state index contributed by atoms with van der Waals surface area (Å²) in [5, 5.41) is 8.83. The van der Waals surface area contributed by atoms with Gasteiger partial charge in [-0.3, -0.25) is 4.79 Å². The monoisotopic (exact) mass is 201 g/mol. The zero-order valence-electron chi connectivity index (χ0n) is 7.10. The molecule has 72 valence electrons. The predicted octanol–water partition coefficient (Wildman–Crippen LogP) is 0.382. The molecule has 5 heteroatoms. The highest BCUT2D eigenvalue weighted by molar-refractivity contribution is 7.99. The van der Waals surface area contributed by atoms with E-state index in [9.17, 15) is 9.59 Å². The van der Waals surface area contributed by atoms with Crippen LogP contribution in [-0.2, 0) is 9.59 Å². The second-order valence-electron chi connectivity index (χ2n) is 3.44. The Morgan fingerprint density at radius 3 is 2.62 bits per heavy atom. The van der Waals surface area contributed by atoms with Gasteiger partial charge in [-0.05, 0) is 12.8 Å². The van der Waals surface area contributed by atoms with Crippen molar-refractivity contribution in [2.24, 2.45) is 5.92 Å². The Balaban J connectivity index is 2.03. The number of rotatable bonds is 2. The maximum absolute atomic E-state index is 11.6. The third-order valence-corrected chi connectivity index (χ3v) is 3.39. The van der Waals surface area contributed by atoms with E-state index in [-0.39, 0.29) is 11.8 Å². The molecule has 1 N–H and O–H groups in total. The third-order valence-electron chi connectivity index (χ3n) is 2.38. The average molecular weight is 201 g/mol. The molecule has 0 radical (unpaired) electrons. The first-order valence-corrected chi connectivity index (χ1v) is 5.46. The lowest BCUT2D eigenvalue weighted by molar-refractivity contribution is -0.148. The van der Waals surface area contributed by atoms with E-state index in [1.165, 1.54) is 16.7 Å². The summed E-state index contributed by atoms with van der Waals surface area (Å²) in [6, 6.07) is -0.585. The first kappa shape index (κ1) is 8.87. The van der Waals surface area contributed by atoms with Crippen LogP contribution >= 0.6 is 11.8 Å². The third kappa shape index (κ3) is 1.65. The van der Waals surface area contributed by atoms with E-state index >= 15 is 0 Å². The van der Waals surface area contributed by atoms with E-state index in [2.05, 4.69) is 0 Å². The molecule has 1 aliphatic carbocycles. The van der Waals surface area contributed by atoms with Gasteiger partial charge in [0.1, 0.15) is 6.04 Å². The molecule has 1 aliphatic heterocycles. The van der Waals surface area contributed by atoms with Gasteiger partial charge in [0.15, 0.2) is 0 Å². The van der Waals surface area contributed by atoms with Gasteiger partial charge >= 0.3 is 5.97 Å². The predicted molar refractivity (Wildman–Crippen MR) is 48.3 cm³/mol. The van der Waals surface area contributed by atoms with Crippen LogP contribution in [0.5, 0.6) is 0 Å². The van der Waals surface area contributed by atoms with Crippen molar-refractivity contribution < 1.29 is 14.7 Å². The fraction of sp³-hybridized carbons (Fsp3) is 0.750. The van der Waals surface area contributed by atoms with Crippen molar-refractivity contribution in [3.8, 4) is 0 Å². The lowest BCUT2D eigenvalue weighted by atomic mass is 10.2. The van der Waals surface area contributed by atoms with Gasteiger partial charge in [-0.1, -0.05) is 0 Å². The number of amides is 1. The summed E-state index contributed by atoms with van der Waals surface area (Å²) in [5.74, 6) is 0.372. The first-order chi connectivity index (χ1) is 6.20. The summed E-state index contributed by atoms with van der Waals surface area (Å²) < 4.78 is 0. The molecule has 1 heterocycles. The van der Waals surface area contributed by atoms with Crippen LogP contribution in [0.4, 0.5) is 0 Å². The summed E-state index contributed by atoms with van der Waals surface area (Å²) in [6.07, 6.45) is 1.87. The largest absolute Gasteiger partial charge is 0.480 e. The van der Waals surface area contributed by atoms with Crippen molar-refractivity contribution in [3.63, 3.8) is 0 Å². The van der Waals surface area contributed by atoms with Crippen molar-refractivity contribution in [2.45, 2.75) is 18.9 Å². The Labute approximate surface area is 80.3 Å². The molecular weight excluding hydrogens is 190 g/mol. The number of thioether (sulfide) groups is 1. The molecule has 2 rings (SSSR count). The zero-order valence-corrected chi connectivity index (χ0v) is 7.92. The van der Waals surface area contributed by atoms with E-state index < -0.39 is 12.0 Å². The fourth-order valence-corrected chi connectivity index (χ4v) is 2.58. The molecule has 0 aromatic carbocycles.